The van der Waals surface area contributed by atoms with Gasteiger partial charge < -0.3 is 14.8 Å². The van der Waals surface area contributed by atoms with E-state index in [0.717, 1.165) is 19.5 Å². The van der Waals surface area contributed by atoms with Gasteiger partial charge in [0.25, 0.3) is 0 Å². The summed E-state index contributed by atoms with van der Waals surface area (Å²) >= 11 is 0. The summed E-state index contributed by atoms with van der Waals surface area (Å²) in [7, 11) is 0. The standard InChI is InChI=1S/C14H20F3NO2/c1-3-8-18-9-11(2)10-19-12-4-6-13(7-5-12)20-14(15,16)17/h4-7,11,18H,3,8-10H2,1-2H3. The van der Waals surface area contributed by atoms with Crippen molar-refractivity contribution >= 4 is 0 Å². The van der Waals surface area contributed by atoms with E-state index < -0.39 is 6.36 Å². The number of benzene rings is 1. The van der Waals surface area contributed by atoms with Crippen molar-refractivity contribution in [2.24, 2.45) is 5.92 Å². The Morgan fingerprint density at radius 1 is 1.15 bits per heavy atom. The van der Waals surface area contributed by atoms with E-state index in [-0.39, 0.29) is 5.75 Å². The molecular weight excluding hydrogens is 271 g/mol. The lowest BCUT2D eigenvalue weighted by molar-refractivity contribution is -0.274. The molecule has 0 bridgehead atoms. The van der Waals surface area contributed by atoms with Crippen molar-refractivity contribution in [3.63, 3.8) is 0 Å². The predicted octanol–water partition coefficient (Wildman–Crippen LogP) is 3.60. The van der Waals surface area contributed by atoms with E-state index in [1.165, 1.54) is 24.3 Å². The van der Waals surface area contributed by atoms with Crippen LogP contribution in [0, 0.1) is 5.92 Å². The zero-order valence-electron chi connectivity index (χ0n) is 11.7. The SMILES string of the molecule is CCCNCC(C)COc1ccc(OC(F)(F)F)cc1. The van der Waals surface area contributed by atoms with E-state index in [2.05, 4.69) is 17.0 Å². The molecule has 0 fully saturated rings. The Hall–Kier alpha value is -1.43. The number of hydrogen-bond acceptors (Lipinski definition) is 3. The van der Waals surface area contributed by atoms with Crippen molar-refractivity contribution in [2.75, 3.05) is 19.7 Å². The molecule has 0 saturated carbocycles. The number of ether oxygens (including phenoxy) is 2. The van der Waals surface area contributed by atoms with Crippen LogP contribution in [0.2, 0.25) is 0 Å². The second-order valence-electron chi connectivity index (χ2n) is 4.64. The Labute approximate surface area is 117 Å². The van der Waals surface area contributed by atoms with Crippen LogP contribution in [0.15, 0.2) is 24.3 Å². The molecule has 0 spiro atoms. The van der Waals surface area contributed by atoms with Gasteiger partial charge in [0.15, 0.2) is 0 Å². The van der Waals surface area contributed by atoms with Crippen molar-refractivity contribution in [2.45, 2.75) is 26.6 Å². The van der Waals surface area contributed by atoms with Crippen LogP contribution in [0.3, 0.4) is 0 Å². The Balaban J connectivity index is 2.34. The lowest BCUT2D eigenvalue weighted by Gasteiger charge is -2.14. The fourth-order valence-electron chi connectivity index (χ4n) is 1.56. The van der Waals surface area contributed by atoms with Crippen molar-refractivity contribution < 1.29 is 22.6 Å². The van der Waals surface area contributed by atoms with Gasteiger partial charge in [0.05, 0.1) is 6.61 Å². The minimum Gasteiger partial charge on any atom is -0.493 e. The molecule has 20 heavy (non-hydrogen) atoms. The van der Waals surface area contributed by atoms with Gasteiger partial charge >= 0.3 is 6.36 Å². The van der Waals surface area contributed by atoms with E-state index in [1.807, 2.05) is 6.92 Å². The fraction of sp³-hybridized carbons (Fsp3) is 0.571. The van der Waals surface area contributed by atoms with E-state index in [0.29, 0.717) is 18.3 Å². The lowest BCUT2D eigenvalue weighted by atomic mass is 10.2. The number of halogens is 3. The molecule has 1 unspecified atom stereocenters. The van der Waals surface area contributed by atoms with Gasteiger partial charge in [-0.1, -0.05) is 13.8 Å². The summed E-state index contributed by atoms with van der Waals surface area (Å²) in [6, 6.07) is 5.41. The summed E-state index contributed by atoms with van der Waals surface area (Å²) in [5.41, 5.74) is 0. The minimum atomic E-state index is -4.66. The van der Waals surface area contributed by atoms with Crippen LogP contribution in [-0.2, 0) is 0 Å². The second-order valence-corrected chi connectivity index (χ2v) is 4.64. The molecule has 1 aromatic rings. The Bertz CT molecular complexity index is 379. The van der Waals surface area contributed by atoms with Gasteiger partial charge in [0.2, 0.25) is 0 Å². The fourth-order valence-corrected chi connectivity index (χ4v) is 1.56. The third kappa shape index (κ3) is 7.23. The summed E-state index contributed by atoms with van der Waals surface area (Å²) in [6.45, 7) is 6.47. The summed E-state index contributed by atoms with van der Waals surface area (Å²) in [6.07, 6.45) is -3.59. The largest absolute Gasteiger partial charge is 0.573 e. The summed E-state index contributed by atoms with van der Waals surface area (Å²) in [5, 5.41) is 3.28. The Kier molecular flexibility index (Phi) is 6.64. The van der Waals surface area contributed by atoms with Crippen LogP contribution in [0.5, 0.6) is 11.5 Å². The van der Waals surface area contributed by atoms with Crippen LogP contribution < -0.4 is 14.8 Å². The second kappa shape index (κ2) is 7.99. The lowest BCUT2D eigenvalue weighted by Crippen LogP contribution is -2.25. The molecule has 1 rings (SSSR count). The van der Waals surface area contributed by atoms with Gasteiger partial charge in [0.1, 0.15) is 11.5 Å². The first-order chi connectivity index (χ1) is 9.40. The zero-order chi connectivity index (χ0) is 15.0. The van der Waals surface area contributed by atoms with Gasteiger partial charge in [-0.3, -0.25) is 0 Å². The van der Waals surface area contributed by atoms with E-state index in [9.17, 15) is 13.2 Å². The molecule has 1 aromatic carbocycles. The normalized spacial score (nSPS) is 13.1. The predicted molar refractivity (Wildman–Crippen MR) is 70.9 cm³/mol. The number of nitrogens with one attached hydrogen (secondary N) is 1. The molecule has 114 valence electrons. The van der Waals surface area contributed by atoms with E-state index >= 15 is 0 Å². The van der Waals surface area contributed by atoms with Crippen LogP contribution in [0.25, 0.3) is 0 Å². The first-order valence-corrected chi connectivity index (χ1v) is 6.60. The molecule has 1 N–H and O–H groups in total. The summed E-state index contributed by atoms with van der Waals surface area (Å²) in [5.74, 6) is 0.608. The molecule has 0 aromatic heterocycles. The smallest absolute Gasteiger partial charge is 0.493 e. The molecule has 0 aliphatic rings. The molecule has 1 atom stereocenters. The third-order valence-electron chi connectivity index (χ3n) is 2.51. The molecule has 0 saturated heterocycles. The highest BCUT2D eigenvalue weighted by molar-refractivity contribution is 5.31. The van der Waals surface area contributed by atoms with Gasteiger partial charge in [-0.15, -0.1) is 13.2 Å². The average molecular weight is 291 g/mol. The average Bonchev–Trinajstić information content (AvgIpc) is 2.36. The maximum Gasteiger partial charge on any atom is 0.573 e. The first kappa shape index (κ1) is 16.6. The third-order valence-corrected chi connectivity index (χ3v) is 2.51. The molecular formula is C14H20F3NO2. The minimum absolute atomic E-state index is 0.248. The first-order valence-electron chi connectivity index (χ1n) is 6.60. The highest BCUT2D eigenvalue weighted by Gasteiger charge is 2.30. The topological polar surface area (TPSA) is 30.5 Å². The van der Waals surface area contributed by atoms with E-state index in [1.54, 1.807) is 0 Å². The molecule has 6 heteroatoms. The maximum atomic E-state index is 12.0. The number of rotatable bonds is 8. The van der Waals surface area contributed by atoms with Gasteiger partial charge in [-0.05, 0) is 37.2 Å². The Morgan fingerprint density at radius 3 is 2.30 bits per heavy atom. The number of alkyl halides is 3. The highest BCUT2D eigenvalue weighted by atomic mass is 19.4. The molecule has 0 amide bonds. The molecule has 3 nitrogen and oxygen atoms in total. The van der Waals surface area contributed by atoms with E-state index in [4.69, 9.17) is 4.74 Å². The quantitative estimate of drug-likeness (QED) is 0.742. The van der Waals surface area contributed by atoms with Gasteiger partial charge in [-0.25, -0.2) is 0 Å². The van der Waals surface area contributed by atoms with Crippen LogP contribution >= 0.6 is 0 Å². The summed E-state index contributed by atoms with van der Waals surface area (Å²) in [4.78, 5) is 0. The zero-order valence-corrected chi connectivity index (χ0v) is 11.7. The van der Waals surface area contributed by atoms with Crippen LogP contribution in [-0.4, -0.2) is 26.1 Å². The van der Waals surface area contributed by atoms with Gasteiger partial charge in [-0.2, -0.15) is 0 Å². The summed E-state index contributed by atoms with van der Waals surface area (Å²) < 4.78 is 45.2. The monoisotopic (exact) mass is 291 g/mol. The molecule has 0 aliphatic heterocycles. The van der Waals surface area contributed by atoms with Crippen LogP contribution in [0.4, 0.5) is 13.2 Å². The number of hydrogen-bond donors (Lipinski definition) is 1. The van der Waals surface area contributed by atoms with Crippen molar-refractivity contribution in [3.8, 4) is 11.5 Å². The maximum absolute atomic E-state index is 12.0. The van der Waals surface area contributed by atoms with Gasteiger partial charge in [0, 0.05) is 12.5 Å². The Morgan fingerprint density at radius 2 is 1.75 bits per heavy atom. The van der Waals surface area contributed by atoms with Crippen molar-refractivity contribution in [3.05, 3.63) is 24.3 Å². The molecule has 0 radical (unpaired) electrons. The van der Waals surface area contributed by atoms with Crippen LogP contribution in [0.1, 0.15) is 20.3 Å². The van der Waals surface area contributed by atoms with Crippen molar-refractivity contribution in [1.82, 2.24) is 5.32 Å². The van der Waals surface area contributed by atoms with Crippen molar-refractivity contribution in [1.29, 1.82) is 0 Å². The molecule has 0 aliphatic carbocycles. The molecule has 0 heterocycles. The highest BCUT2D eigenvalue weighted by Crippen LogP contribution is 2.24.